The van der Waals surface area contributed by atoms with Crippen molar-refractivity contribution in [1.29, 1.82) is 0 Å². The van der Waals surface area contributed by atoms with Crippen LogP contribution in [0.3, 0.4) is 0 Å². The zero-order valence-corrected chi connectivity index (χ0v) is 12.1. The summed E-state index contributed by atoms with van der Waals surface area (Å²) < 4.78 is 5.39. The highest BCUT2D eigenvalue weighted by atomic mass is 32.1. The Hall–Kier alpha value is -1.68. The van der Waals surface area contributed by atoms with E-state index in [4.69, 9.17) is 4.74 Å². The molecule has 104 valence electrons. The van der Waals surface area contributed by atoms with Gasteiger partial charge in [0.25, 0.3) is 0 Å². The minimum Gasteiger partial charge on any atom is -0.460 e. The summed E-state index contributed by atoms with van der Waals surface area (Å²) >= 11 is 1.58. The van der Waals surface area contributed by atoms with Crippen molar-refractivity contribution in [3.63, 3.8) is 0 Å². The molecule has 0 unspecified atom stereocenters. The number of benzene rings is 1. The van der Waals surface area contributed by atoms with Crippen molar-refractivity contribution in [2.45, 2.75) is 32.3 Å². The molecule has 3 nitrogen and oxygen atoms in total. The molecule has 0 spiro atoms. The Morgan fingerprint density at radius 1 is 1.25 bits per heavy atom. The second-order valence-corrected chi connectivity index (χ2v) is 6.20. The number of hydrogen-bond acceptors (Lipinski definition) is 4. The summed E-state index contributed by atoms with van der Waals surface area (Å²) in [7, 11) is 0. The fourth-order valence-electron chi connectivity index (χ4n) is 2.51. The largest absolute Gasteiger partial charge is 0.460 e. The summed E-state index contributed by atoms with van der Waals surface area (Å²) in [6, 6.07) is 10.1. The standard InChI is InChI=1S/C16H17NO2S/c18-16(13-8-4-5-9-13)19-11-14-10-17-15(20-14)12-6-2-1-3-7-12/h1-3,6-7,10,13H,4-5,8-9,11H2. The second-order valence-electron chi connectivity index (χ2n) is 5.09. The molecule has 1 aromatic heterocycles. The first-order valence-electron chi connectivity index (χ1n) is 7.00. The molecule has 20 heavy (non-hydrogen) atoms. The second kappa shape index (κ2) is 6.18. The molecule has 0 bridgehead atoms. The van der Waals surface area contributed by atoms with Crippen LogP contribution in [0.2, 0.25) is 0 Å². The lowest BCUT2D eigenvalue weighted by atomic mass is 10.1. The summed E-state index contributed by atoms with van der Waals surface area (Å²) in [4.78, 5) is 17.2. The Bertz CT molecular complexity index is 573. The number of nitrogens with zero attached hydrogens (tertiary/aromatic N) is 1. The Balaban J connectivity index is 1.59. The molecular formula is C16H17NO2S. The van der Waals surface area contributed by atoms with Gasteiger partial charge >= 0.3 is 5.97 Å². The lowest BCUT2D eigenvalue weighted by Gasteiger charge is -2.07. The van der Waals surface area contributed by atoms with Crippen LogP contribution in [0.5, 0.6) is 0 Å². The lowest BCUT2D eigenvalue weighted by Crippen LogP contribution is -2.14. The van der Waals surface area contributed by atoms with Crippen molar-refractivity contribution in [2.24, 2.45) is 5.92 Å². The van der Waals surface area contributed by atoms with Crippen LogP contribution in [0, 0.1) is 5.92 Å². The van der Waals surface area contributed by atoms with E-state index in [9.17, 15) is 4.79 Å². The van der Waals surface area contributed by atoms with Crippen LogP contribution >= 0.6 is 11.3 Å². The van der Waals surface area contributed by atoms with Gasteiger partial charge in [0.1, 0.15) is 11.6 Å². The number of thiazole rings is 1. The van der Waals surface area contributed by atoms with Crippen LogP contribution in [0.15, 0.2) is 36.5 Å². The van der Waals surface area contributed by atoms with Crippen molar-refractivity contribution >= 4 is 17.3 Å². The molecule has 1 heterocycles. The minimum atomic E-state index is -0.0443. The third kappa shape index (κ3) is 3.07. The maximum absolute atomic E-state index is 11.9. The fourth-order valence-corrected chi connectivity index (χ4v) is 3.34. The molecule has 1 saturated carbocycles. The van der Waals surface area contributed by atoms with E-state index in [1.807, 2.05) is 30.3 Å². The summed E-state index contributed by atoms with van der Waals surface area (Å²) in [6.07, 6.45) is 6.07. The molecule has 2 aromatic rings. The molecule has 0 amide bonds. The zero-order chi connectivity index (χ0) is 13.8. The van der Waals surface area contributed by atoms with Crippen molar-refractivity contribution in [3.05, 3.63) is 41.4 Å². The van der Waals surface area contributed by atoms with E-state index in [1.54, 1.807) is 17.5 Å². The number of aromatic nitrogens is 1. The lowest BCUT2D eigenvalue weighted by molar-refractivity contribution is -0.149. The molecule has 0 saturated heterocycles. The van der Waals surface area contributed by atoms with Gasteiger partial charge in [0.15, 0.2) is 0 Å². The summed E-state index contributed by atoms with van der Waals surface area (Å²) in [5, 5.41) is 0.970. The van der Waals surface area contributed by atoms with Gasteiger partial charge in [0.2, 0.25) is 0 Å². The molecule has 1 aliphatic rings. The number of hydrogen-bond donors (Lipinski definition) is 0. The van der Waals surface area contributed by atoms with Crippen LogP contribution in [0.1, 0.15) is 30.6 Å². The Morgan fingerprint density at radius 3 is 2.75 bits per heavy atom. The van der Waals surface area contributed by atoms with Crippen molar-refractivity contribution < 1.29 is 9.53 Å². The Morgan fingerprint density at radius 2 is 2.00 bits per heavy atom. The van der Waals surface area contributed by atoms with Gasteiger partial charge in [-0.15, -0.1) is 11.3 Å². The van der Waals surface area contributed by atoms with E-state index in [2.05, 4.69) is 4.98 Å². The first-order chi connectivity index (χ1) is 9.83. The number of ether oxygens (including phenoxy) is 1. The topological polar surface area (TPSA) is 39.2 Å². The summed E-state index contributed by atoms with van der Waals surface area (Å²) in [5.74, 6) is 0.0775. The van der Waals surface area contributed by atoms with E-state index in [-0.39, 0.29) is 11.9 Å². The van der Waals surface area contributed by atoms with Gasteiger partial charge in [-0.1, -0.05) is 43.2 Å². The minimum absolute atomic E-state index is 0.0443. The van der Waals surface area contributed by atoms with Gasteiger partial charge in [-0.05, 0) is 12.8 Å². The first kappa shape index (κ1) is 13.3. The fraction of sp³-hybridized carbons (Fsp3) is 0.375. The monoisotopic (exact) mass is 287 g/mol. The van der Waals surface area contributed by atoms with Crippen molar-refractivity contribution in [1.82, 2.24) is 4.98 Å². The Kier molecular flexibility index (Phi) is 4.11. The molecule has 3 rings (SSSR count). The van der Waals surface area contributed by atoms with Gasteiger partial charge < -0.3 is 4.74 Å². The number of esters is 1. The van der Waals surface area contributed by atoms with Crippen LogP contribution in [0.4, 0.5) is 0 Å². The smallest absolute Gasteiger partial charge is 0.309 e. The summed E-state index contributed by atoms with van der Waals surface area (Å²) in [5.41, 5.74) is 1.10. The van der Waals surface area contributed by atoms with Gasteiger partial charge in [-0.2, -0.15) is 0 Å². The molecular weight excluding hydrogens is 270 g/mol. The van der Waals surface area contributed by atoms with Gasteiger partial charge in [-0.3, -0.25) is 4.79 Å². The van der Waals surface area contributed by atoms with E-state index in [0.29, 0.717) is 6.61 Å². The Labute approximate surface area is 122 Å². The molecule has 4 heteroatoms. The van der Waals surface area contributed by atoms with Crippen molar-refractivity contribution in [3.8, 4) is 10.6 Å². The van der Waals surface area contributed by atoms with Gasteiger partial charge in [0, 0.05) is 11.8 Å². The highest BCUT2D eigenvalue weighted by molar-refractivity contribution is 7.15. The molecule has 1 fully saturated rings. The molecule has 0 radical (unpaired) electrons. The van der Waals surface area contributed by atoms with E-state index < -0.39 is 0 Å². The average molecular weight is 287 g/mol. The normalized spacial score (nSPS) is 15.4. The SMILES string of the molecule is O=C(OCc1cnc(-c2ccccc2)s1)C1CCCC1. The highest BCUT2D eigenvalue weighted by Crippen LogP contribution is 2.28. The van der Waals surface area contributed by atoms with Crippen molar-refractivity contribution in [2.75, 3.05) is 0 Å². The molecule has 1 aliphatic carbocycles. The van der Waals surface area contributed by atoms with Gasteiger partial charge in [0.05, 0.1) is 10.8 Å². The number of rotatable bonds is 4. The predicted octanol–water partition coefficient (Wildman–Crippen LogP) is 4.04. The highest BCUT2D eigenvalue weighted by Gasteiger charge is 2.24. The first-order valence-corrected chi connectivity index (χ1v) is 7.81. The van der Waals surface area contributed by atoms with Crippen LogP contribution < -0.4 is 0 Å². The number of carbonyl (C=O) groups is 1. The average Bonchev–Trinajstić information content (AvgIpc) is 3.17. The molecule has 1 aromatic carbocycles. The third-order valence-electron chi connectivity index (χ3n) is 3.62. The summed E-state index contributed by atoms with van der Waals surface area (Å²) in [6.45, 7) is 0.347. The van der Waals surface area contributed by atoms with Crippen LogP contribution in [-0.4, -0.2) is 11.0 Å². The van der Waals surface area contributed by atoms with Crippen LogP contribution in [-0.2, 0) is 16.1 Å². The predicted molar refractivity (Wildman–Crippen MR) is 79.3 cm³/mol. The maximum Gasteiger partial charge on any atom is 0.309 e. The van der Waals surface area contributed by atoms with E-state index in [1.165, 1.54) is 0 Å². The van der Waals surface area contributed by atoms with E-state index in [0.717, 1.165) is 41.1 Å². The maximum atomic E-state index is 11.9. The molecule has 0 N–H and O–H groups in total. The molecule has 0 atom stereocenters. The quantitative estimate of drug-likeness (QED) is 0.797. The van der Waals surface area contributed by atoms with E-state index >= 15 is 0 Å². The third-order valence-corrected chi connectivity index (χ3v) is 4.64. The molecule has 0 aliphatic heterocycles. The number of carbonyl (C=O) groups excluding carboxylic acids is 1. The van der Waals surface area contributed by atoms with Crippen LogP contribution in [0.25, 0.3) is 10.6 Å². The zero-order valence-electron chi connectivity index (χ0n) is 11.2. The van der Waals surface area contributed by atoms with Gasteiger partial charge in [-0.25, -0.2) is 4.98 Å².